The molecule has 0 bridgehead atoms. The first kappa shape index (κ1) is 20.6. The summed E-state index contributed by atoms with van der Waals surface area (Å²) < 4.78 is 10.2. The number of imide groups is 1. The van der Waals surface area contributed by atoms with Crippen LogP contribution >= 0.6 is 0 Å². The first-order valence-corrected chi connectivity index (χ1v) is 8.95. The Morgan fingerprint density at radius 2 is 1.77 bits per heavy atom. The van der Waals surface area contributed by atoms with Crippen LogP contribution in [0.2, 0.25) is 0 Å². The topological polar surface area (TPSA) is 102 Å². The Morgan fingerprint density at radius 1 is 1.10 bits per heavy atom. The van der Waals surface area contributed by atoms with Crippen LogP contribution in [0.3, 0.4) is 0 Å². The van der Waals surface area contributed by atoms with Crippen LogP contribution in [0.15, 0.2) is 42.5 Å². The number of benzene rings is 2. The fourth-order valence-electron chi connectivity index (χ4n) is 2.99. The third-order valence-electron chi connectivity index (χ3n) is 4.42. The lowest BCUT2D eigenvalue weighted by Crippen LogP contribution is -2.29. The number of fused-ring (bicyclic) bond motifs is 1. The van der Waals surface area contributed by atoms with Gasteiger partial charge in [-0.05, 0) is 29.8 Å². The summed E-state index contributed by atoms with van der Waals surface area (Å²) in [5.41, 5.74) is 1.27. The van der Waals surface area contributed by atoms with Crippen LogP contribution in [0.5, 0.6) is 5.75 Å². The zero-order chi connectivity index (χ0) is 21.7. The molecular weight excluding hydrogens is 388 g/mol. The van der Waals surface area contributed by atoms with Crippen LogP contribution < -0.4 is 10.1 Å². The summed E-state index contributed by atoms with van der Waals surface area (Å²) in [4.78, 5) is 50.2. The highest BCUT2D eigenvalue weighted by Gasteiger charge is 2.35. The molecular formula is C22H18N2O6. The fraction of sp³-hybridized carbons (Fsp3) is 0.182. The van der Waals surface area contributed by atoms with Crippen molar-refractivity contribution >= 4 is 23.7 Å². The number of terminal acetylenes is 1. The number of ether oxygens (including phenoxy) is 2. The fourth-order valence-corrected chi connectivity index (χ4v) is 2.99. The number of hydrogen-bond donors (Lipinski definition) is 1. The summed E-state index contributed by atoms with van der Waals surface area (Å²) >= 11 is 0. The van der Waals surface area contributed by atoms with Gasteiger partial charge in [0, 0.05) is 0 Å². The highest BCUT2D eigenvalue weighted by atomic mass is 16.5. The Morgan fingerprint density at radius 3 is 2.37 bits per heavy atom. The van der Waals surface area contributed by atoms with Crippen molar-refractivity contribution in [3.05, 3.63) is 64.7 Å². The van der Waals surface area contributed by atoms with Gasteiger partial charge in [-0.3, -0.25) is 19.3 Å². The van der Waals surface area contributed by atoms with Gasteiger partial charge in [-0.15, -0.1) is 6.42 Å². The minimum atomic E-state index is -0.785. The van der Waals surface area contributed by atoms with Crippen molar-refractivity contribution < 1.29 is 28.7 Å². The van der Waals surface area contributed by atoms with Gasteiger partial charge in [0.1, 0.15) is 11.3 Å². The molecule has 1 aliphatic heterocycles. The lowest BCUT2D eigenvalue weighted by Gasteiger charge is -2.16. The smallest absolute Gasteiger partial charge is 0.342 e. The highest BCUT2D eigenvalue weighted by Crippen LogP contribution is 2.26. The quantitative estimate of drug-likeness (QED) is 0.424. The van der Waals surface area contributed by atoms with Gasteiger partial charge in [0.2, 0.25) is 0 Å². The van der Waals surface area contributed by atoms with E-state index in [-0.39, 0.29) is 24.4 Å². The molecule has 30 heavy (non-hydrogen) atoms. The minimum Gasteiger partial charge on any atom is -0.496 e. The van der Waals surface area contributed by atoms with E-state index in [4.69, 9.17) is 15.9 Å². The molecule has 0 fully saturated rings. The summed E-state index contributed by atoms with van der Waals surface area (Å²) in [7, 11) is 1.38. The maximum atomic E-state index is 12.5. The Bertz CT molecular complexity index is 1030. The molecule has 2 aromatic rings. The summed E-state index contributed by atoms with van der Waals surface area (Å²) in [6, 6.07) is 11.2. The third kappa shape index (κ3) is 4.15. The molecule has 1 N–H and O–H groups in total. The second-order valence-electron chi connectivity index (χ2n) is 6.33. The maximum Gasteiger partial charge on any atom is 0.342 e. The number of rotatable bonds is 7. The Balaban J connectivity index is 1.76. The molecule has 8 heteroatoms. The van der Waals surface area contributed by atoms with E-state index < -0.39 is 30.3 Å². The summed E-state index contributed by atoms with van der Waals surface area (Å²) in [6.45, 7) is -0.513. The van der Waals surface area contributed by atoms with E-state index in [0.29, 0.717) is 16.7 Å². The molecule has 0 unspecified atom stereocenters. The third-order valence-corrected chi connectivity index (χ3v) is 4.42. The van der Waals surface area contributed by atoms with Crippen molar-refractivity contribution in [2.45, 2.75) is 6.54 Å². The van der Waals surface area contributed by atoms with Gasteiger partial charge in [0.25, 0.3) is 17.7 Å². The number of nitrogens with zero attached hydrogens (tertiary/aromatic N) is 1. The lowest BCUT2D eigenvalue weighted by atomic mass is 10.1. The van der Waals surface area contributed by atoms with Crippen molar-refractivity contribution in [3.63, 3.8) is 0 Å². The number of hydrogen-bond acceptors (Lipinski definition) is 6. The van der Waals surface area contributed by atoms with Crippen LogP contribution in [0.4, 0.5) is 0 Å². The van der Waals surface area contributed by atoms with E-state index in [9.17, 15) is 19.2 Å². The molecule has 0 aliphatic carbocycles. The summed E-state index contributed by atoms with van der Waals surface area (Å²) in [5, 5.41) is 2.38. The molecule has 1 aliphatic rings. The first-order valence-electron chi connectivity index (χ1n) is 8.95. The molecule has 152 valence electrons. The Labute approximate surface area is 172 Å². The molecule has 8 nitrogen and oxygen atoms in total. The lowest BCUT2D eigenvalue weighted by molar-refractivity contribution is -0.123. The van der Waals surface area contributed by atoms with Gasteiger partial charge in [0.05, 0.1) is 31.3 Å². The van der Waals surface area contributed by atoms with Crippen LogP contribution in [0.1, 0.15) is 36.6 Å². The molecule has 0 saturated carbocycles. The standard InChI is InChI=1S/C22H18N2O6/c1-3-10-23-19(25)13-30-22(28)17-11-14(8-9-18(17)29-2)12-24-20(26)15-6-4-5-7-16(15)21(24)27/h1,4-9,11H,10,12-13H2,2H3,(H,23,25). The summed E-state index contributed by atoms with van der Waals surface area (Å²) in [5.74, 6) is 0.342. The Hall–Kier alpha value is -4.12. The van der Waals surface area contributed by atoms with Crippen molar-refractivity contribution in [1.82, 2.24) is 10.2 Å². The highest BCUT2D eigenvalue weighted by molar-refractivity contribution is 6.21. The predicted molar refractivity (Wildman–Crippen MR) is 106 cm³/mol. The zero-order valence-electron chi connectivity index (χ0n) is 16.1. The van der Waals surface area contributed by atoms with E-state index in [1.165, 1.54) is 19.2 Å². The minimum absolute atomic E-state index is 0.0233. The molecule has 1 heterocycles. The van der Waals surface area contributed by atoms with Crippen molar-refractivity contribution in [2.24, 2.45) is 0 Å². The van der Waals surface area contributed by atoms with E-state index >= 15 is 0 Å². The number of methoxy groups -OCH3 is 1. The second-order valence-corrected chi connectivity index (χ2v) is 6.33. The van der Waals surface area contributed by atoms with Crippen molar-refractivity contribution in [2.75, 3.05) is 20.3 Å². The van der Waals surface area contributed by atoms with Gasteiger partial charge in [-0.1, -0.05) is 24.1 Å². The number of nitrogens with one attached hydrogen (secondary N) is 1. The van der Waals surface area contributed by atoms with E-state index in [2.05, 4.69) is 11.2 Å². The van der Waals surface area contributed by atoms with Gasteiger partial charge in [-0.25, -0.2) is 4.79 Å². The van der Waals surface area contributed by atoms with E-state index in [1.807, 2.05) is 0 Å². The molecule has 0 atom stereocenters. The van der Waals surface area contributed by atoms with Crippen molar-refractivity contribution in [1.29, 1.82) is 0 Å². The average molecular weight is 406 g/mol. The SMILES string of the molecule is C#CCNC(=O)COC(=O)c1cc(CN2C(=O)c3ccccc3C2=O)ccc1OC. The first-order chi connectivity index (χ1) is 14.5. The summed E-state index contributed by atoms with van der Waals surface area (Å²) in [6.07, 6.45) is 5.05. The maximum absolute atomic E-state index is 12.5. The molecule has 0 aromatic heterocycles. The molecule has 0 saturated heterocycles. The van der Waals surface area contributed by atoms with E-state index in [1.54, 1.807) is 30.3 Å². The number of carbonyl (C=O) groups is 4. The van der Waals surface area contributed by atoms with Crippen LogP contribution in [-0.4, -0.2) is 48.9 Å². The van der Waals surface area contributed by atoms with E-state index in [0.717, 1.165) is 4.90 Å². The Kier molecular flexibility index (Phi) is 6.13. The largest absolute Gasteiger partial charge is 0.496 e. The van der Waals surface area contributed by atoms with Crippen molar-refractivity contribution in [3.8, 4) is 18.1 Å². The second kappa shape index (κ2) is 8.92. The predicted octanol–water partition coefficient (Wildman–Crippen LogP) is 1.40. The zero-order valence-corrected chi connectivity index (χ0v) is 16.1. The molecule has 0 radical (unpaired) electrons. The molecule has 2 aromatic carbocycles. The van der Waals surface area contributed by atoms with Gasteiger partial charge in [-0.2, -0.15) is 0 Å². The number of carbonyl (C=O) groups excluding carboxylic acids is 4. The molecule has 3 amide bonds. The van der Waals surface area contributed by atoms with Gasteiger partial charge >= 0.3 is 5.97 Å². The normalized spacial score (nSPS) is 12.2. The molecule has 0 spiro atoms. The van der Waals surface area contributed by atoms with Crippen LogP contribution in [0, 0.1) is 12.3 Å². The monoisotopic (exact) mass is 406 g/mol. The number of amides is 3. The van der Waals surface area contributed by atoms with Gasteiger partial charge < -0.3 is 14.8 Å². The van der Waals surface area contributed by atoms with Crippen LogP contribution in [0.25, 0.3) is 0 Å². The molecule has 3 rings (SSSR count). The average Bonchev–Trinajstić information content (AvgIpc) is 3.01. The van der Waals surface area contributed by atoms with Gasteiger partial charge in [0.15, 0.2) is 6.61 Å². The van der Waals surface area contributed by atoms with Crippen LogP contribution in [-0.2, 0) is 16.1 Å². The number of esters is 1.